The maximum absolute atomic E-state index is 14.5. The van der Waals surface area contributed by atoms with Crippen molar-refractivity contribution >= 4 is 28.3 Å². The lowest BCUT2D eigenvalue weighted by atomic mass is 9.98. The van der Waals surface area contributed by atoms with E-state index >= 15 is 0 Å². The Bertz CT molecular complexity index is 1290. The average molecular weight is 475 g/mol. The van der Waals surface area contributed by atoms with Gasteiger partial charge in [-0.15, -0.1) is 0 Å². The van der Waals surface area contributed by atoms with Gasteiger partial charge < -0.3 is 19.7 Å². The number of rotatable bonds is 7. The van der Waals surface area contributed by atoms with Gasteiger partial charge >= 0.3 is 12.6 Å². The summed E-state index contributed by atoms with van der Waals surface area (Å²) in [5.41, 5.74) is -0.616. The molecule has 0 saturated carbocycles. The van der Waals surface area contributed by atoms with Gasteiger partial charge in [0.2, 0.25) is 0 Å². The largest absolute Gasteiger partial charge is 0.490 e. The van der Waals surface area contributed by atoms with Gasteiger partial charge in [-0.25, -0.2) is 4.39 Å². The van der Waals surface area contributed by atoms with Gasteiger partial charge in [-0.2, -0.15) is 8.78 Å². The Morgan fingerprint density at radius 1 is 1.09 bits per heavy atom. The monoisotopic (exact) mass is 475 g/mol. The molecule has 3 aromatic rings. The molecule has 0 aliphatic carbocycles. The SMILES string of the molecule is CC(C)Oc1c2c(c(OC(F)F)c3ccccc13)C(=O)N(c1ccc(CC(=O)O)c(F)c1)C2O. The third kappa shape index (κ3) is 4.01. The quantitative estimate of drug-likeness (QED) is 0.517. The van der Waals surface area contributed by atoms with Gasteiger partial charge in [0.1, 0.15) is 17.3 Å². The van der Waals surface area contributed by atoms with E-state index in [-0.39, 0.29) is 33.5 Å². The molecule has 1 unspecified atom stereocenters. The predicted molar refractivity (Wildman–Crippen MR) is 116 cm³/mol. The molecule has 178 valence electrons. The Morgan fingerprint density at radius 2 is 1.74 bits per heavy atom. The summed E-state index contributed by atoms with van der Waals surface area (Å²) in [6.07, 6.45) is -2.67. The lowest BCUT2D eigenvalue weighted by Crippen LogP contribution is -2.28. The van der Waals surface area contributed by atoms with Crippen LogP contribution in [0.15, 0.2) is 42.5 Å². The summed E-state index contributed by atoms with van der Waals surface area (Å²) in [7, 11) is 0. The number of aliphatic carboxylic acids is 1. The van der Waals surface area contributed by atoms with Gasteiger partial charge in [0.05, 0.1) is 23.7 Å². The standard InChI is InChI=1S/C24H20F3NO6/c1-11(2)33-20-14-5-3-4-6-15(14)21(34-24(26)27)19-18(20)22(31)28(23(19)32)13-8-7-12(9-17(29)30)16(25)10-13/h3-8,10-11,22,24,31H,9H2,1-2H3,(H,29,30). The fraction of sp³-hybridized carbons (Fsp3) is 0.250. The molecule has 1 amide bonds. The van der Waals surface area contributed by atoms with Crippen molar-refractivity contribution in [1.29, 1.82) is 0 Å². The molecule has 4 rings (SSSR count). The van der Waals surface area contributed by atoms with E-state index in [9.17, 15) is 27.9 Å². The van der Waals surface area contributed by atoms with Crippen LogP contribution < -0.4 is 14.4 Å². The molecule has 1 heterocycles. The van der Waals surface area contributed by atoms with Crippen LogP contribution in [-0.4, -0.2) is 34.8 Å². The Labute approximate surface area is 191 Å². The number of ether oxygens (including phenoxy) is 2. The number of hydrogen-bond donors (Lipinski definition) is 2. The fourth-order valence-corrected chi connectivity index (χ4v) is 4.04. The molecule has 3 aromatic carbocycles. The van der Waals surface area contributed by atoms with Crippen LogP contribution in [0, 0.1) is 5.82 Å². The van der Waals surface area contributed by atoms with Crippen LogP contribution in [0.4, 0.5) is 18.9 Å². The highest BCUT2D eigenvalue weighted by Gasteiger charge is 2.44. The highest BCUT2D eigenvalue weighted by Crippen LogP contribution is 2.50. The number of aliphatic hydroxyl groups is 1. The maximum atomic E-state index is 14.5. The second-order valence-corrected chi connectivity index (χ2v) is 7.93. The van der Waals surface area contributed by atoms with E-state index < -0.39 is 48.8 Å². The zero-order valence-electron chi connectivity index (χ0n) is 18.1. The molecule has 10 heteroatoms. The minimum atomic E-state index is -3.25. The zero-order valence-corrected chi connectivity index (χ0v) is 18.1. The summed E-state index contributed by atoms with van der Waals surface area (Å²) in [4.78, 5) is 25.2. The van der Waals surface area contributed by atoms with Gasteiger partial charge in [-0.3, -0.25) is 14.5 Å². The fourth-order valence-electron chi connectivity index (χ4n) is 4.04. The molecular weight excluding hydrogens is 455 g/mol. The average Bonchev–Trinajstić information content (AvgIpc) is 3.01. The summed E-state index contributed by atoms with van der Waals surface area (Å²) in [6, 6.07) is 9.66. The molecule has 1 aliphatic heterocycles. The molecule has 34 heavy (non-hydrogen) atoms. The molecule has 0 radical (unpaired) electrons. The molecule has 7 nitrogen and oxygen atoms in total. The van der Waals surface area contributed by atoms with E-state index in [0.717, 1.165) is 11.0 Å². The number of aliphatic hydroxyl groups excluding tert-OH is 1. The number of carbonyl (C=O) groups is 2. The Balaban J connectivity index is 1.94. The van der Waals surface area contributed by atoms with Crippen molar-refractivity contribution in [2.75, 3.05) is 4.90 Å². The smallest absolute Gasteiger partial charge is 0.387 e. The van der Waals surface area contributed by atoms with Crippen LogP contribution in [0.25, 0.3) is 10.8 Å². The van der Waals surface area contributed by atoms with Gasteiger partial charge in [0.25, 0.3) is 5.91 Å². The summed E-state index contributed by atoms with van der Waals surface area (Å²) < 4.78 is 51.8. The zero-order chi connectivity index (χ0) is 24.7. The Morgan fingerprint density at radius 3 is 2.29 bits per heavy atom. The van der Waals surface area contributed by atoms with E-state index in [0.29, 0.717) is 5.39 Å². The van der Waals surface area contributed by atoms with Crippen LogP contribution in [0.2, 0.25) is 0 Å². The third-order valence-corrected chi connectivity index (χ3v) is 5.31. The highest BCUT2D eigenvalue weighted by molar-refractivity contribution is 6.17. The van der Waals surface area contributed by atoms with Crippen molar-refractivity contribution in [3.63, 3.8) is 0 Å². The summed E-state index contributed by atoms with van der Waals surface area (Å²) in [6.45, 7) is 0.195. The molecule has 0 spiro atoms. The molecular formula is C24H20F3NO6. The number of carboxylic acids is 1. The molecule has 1 atom stereocenters. The van der Waals surface area contributed by atoms with Crippen molar-refractivity contribution in [2.24, 2.45) is 0 Å². The first-order valence-electron chi connectivity index (χ1n) is 10.3. The van der Waals surface area contributed by atoms with Crippen molar-refractivity contribution in [2.45, 2.75) is 39.2 Å². The van der Waals surface area contributed by atoms with Crippen LogP contribution in [0.3, 0.4) is 0 Å². The number of carboxylic acid groups (broad SMARTS) is 1. The molecule has 0 aromatic heterocycles. The van der Waals surface area contributed by atoms with E-state index in [2.05, 4.69) is 0 Å². The number of nitrogens with zero attached hydrogens (tertiary/aromatic N) is 1. The van der Waals surface area contributed by atoms with Gasteiger partial charge in [0, 0.05) is 16.5 Å². The predicted octanol–water partition coefficient (Wildman–Crippen LogP) is 4.65. The number of alkyl halides is 2. The lowest BCUT2D eigenvalue weighted by molar-refractivity contribution is -0.136. The number of hydrogen-bond acceptors (Lipinski definition) is 5. The van der Waals surface area contributed by atoms with E-state index in [4.69, 9.17) is 14.6 Å². The maximum Gasteiger partial charge on any atom is 0.387 e. The van der Waals surface area contributed by atoms with Crippen LogP contribution in [-0.2, 0) is 11.2 Å². The second kappa shape index (κ2) is 8.86. The summed E-state index contributed by atoms with van der Waals surface area (Å²) in [5, 5.41) is 20.6. The minimum Gasteiger partial charge on any atom is -0.490 e. The topological polar surface area (TPSA) is 96.3 Å². The first kappa shape index (κ1) is 23.4. The second-order valence-electron chi connectivity index (χ2n) is 7.93. The molecule has 1 aliphatic rings. The Kier molecular flexibility index (Phi) is 6.09. The number of amides is 1. The highest BCUT2D eigenvalue weighted by atomic mass is 19.3. The van der Waals surface area contributed by atoms with Crippen molar-refractivity contribution in [1.82, 2.24) is 0 Å². The Hall–Kier alpha value is -3.79. The number of benzene rings is 3. The van der Waals surface area contributed by atoms with Crippen molar-refractivity contribution < 1.29 is 42.4 Å². The first-order chi connectivity index (χ1) is 16.1. The van der Waals surface area contributed by atoms with Crippen LogP contribution >= 0.6 is 0 Å². The number of anilines is 1. The van der Waals surface area contributed by atoms with E-state index in [1.165, 1.54) is 18.2 Å². The first-order valence-corrected chi connectivity index (χ1v) is 10.3. The summed E-state index contributed by atoms with van der Waals surface area (Å²) in [5.74, 6) is -3.35. The molecule has 0 saturated heterocycles. The lowest BCUT2D eigenvalue weighted by Gasteiger charge is -2.23. The van der Waals surface area contributed by atoms with Crippen molar-refractivity contribution in [3.05, 3.63) is 65.0 Å². The third-order valence-electron chi connectivity index (χ3n) is 5.31. The number of fused-ring (bicyclic) bond motifs is 2. The normalized spacial score (nSPS) is 15.4. The molecule has 0 bridgehead atoms. The van der Waals surface area contributed by atoms with Gasteiger partial charge in [-0.1, -0.05) is 30.3 Å². The number of halogens is 3. The van der Waals surface area contributed by atoms with Gasteiger partial charge in [-0.05, 0) is 31.5 Å². The van der Waals surface area contributed by atoms with E-state index in [1.807, 2.05) is 0 Å². The molecule has 2 N–H and O–H groups in total. The van der Waals surface area contributed by atoms with Crippen LogP contribution in [0.5, 0.6) is 11.5 Å². The van der Waals surface area contributed by atoms with Gasteiger partial charge in [0.15, 0.2) is 6.23 Å². The summed E-state index contributed by atoms with van der Waals surface area (Å²) >= 11 is 0. The number of carbonyl (C=O) groups excluding carboxylic acids is 1. The minimum absolute atomic E-state index is 0.0805. The molecule has 0 fully saturated rings. The van der Waals surface area contributed by atoms with Crippen LogP contribution in [0.1, 0.15) is 41.6 Å². The van der Waals surface area contributed by atoms with Crippen molar-refractivity contribution in [3.8, 4) is 11.5 Å². The van der Waals surface area contributed by atoms with E-state index in [1.54, 1.807) is 32.0 Å².